The number of rotatable bonds is 14. The number of aryl methyl sites for hydroxylation is 1. The molecule has 0 spiro atoms. The van der Waals surface area contributed by atoms with Gasteiger partial charge in [0.25, 0.3) is 0 Å². The van der Waals surface area contributed by atoms with Gasteiger partial charge in [-0.05, 0) is 97.1 Å². The van der Waals surface area contributed by atoms with Crippen molar-refractivity contribution in [2.75, 3.05) is 13.2 Å². The van der Waals surface area contributed by atoms with E-state index in [1.807, 2.05) is 19.1 Å². The van der Waals surface area contributed by atoms with E-state index in [9.17, 15) is 14.4 Å². The molecule has 0 amide bonds. The van der Waals surface area contributed by atoms with Crippen molar-refractivity contribution in [3.05, 3.63) is 130 Å². The lowest BCUT2D eigenvalue weighted by Gasteiger charge is -2.09. The van der Waals surface area contributed by atoms with Crippen LogP contribution in [0.4, 0.5) is 5.69 Å². The van der Waals surface area contributed by atoms with E-state index in [0.717, 1.165) is 23.6 Å². The Morgan fingerprint density at radius 3 is 2.02 bits per heavy atom. The highest BCUT2D eigenvalue weighted by Crippen LogP contribution is 2.36. The van der Waals surface area contributed by atoms with Crippen LogP contribution >= 0.6 is 23.2 Å². The van der Waals surface area contributed by atoms with Crippen LogP contribution in [0, 0.1) is 0 Å². The van der Waals surface area contributed by atoms with Crippen LogP contribution in [-0.2, 0) is 16.0 Å². The van der Waals surface area contributed by atoms with Crippen molar-refractivity contribution in [3.63, 3.8) is 0 Å². The third-order valence-corrected chi connectivity index (χ3v) is 7.15. The van der Waals surface area contributed by atoms with Crippen molar-refractivity contribution in [2.24, 2.45) is 4.99 Å². The third-order valence-electron chi connectivity index (χ3n) is 6.55. The summed E-state index contributed by atoms with van der Waals surface area (Å²) in [5.41, 5.74) is 2.98. The van der Waals surface area contributed by atoms with Gasteiger partial charge in [-0.25, -0.2) is 14.4 Å². The molecule has 0 heterocycles. The first-order valence-corrected chi connectivity index (χ1v) is 15.2. The average Bonchev–Trinajstić information content (AvgIpc) is 3.07. The molecule has 0 bridgehead atoms. The number of hydrogen-bond donors (Lipinski definition) is 0. The number of aliphatic imine (C=N–C) groups is 1. The summed E-state index contributed by atoms with van der Waals surface area (Å²) >= 11 is 12.8. The molecule has 0 saturated heterocycles. The number of esters is 3. The van der Waals surface area contributed by atoms with Crippen LogP contribution in [0.1, 0.15) is 51.6 Å². The van der Waals surface area contributed by atoms with E-state index in [2.05, 4.69) is 11.6 Å². The lowest BCUT2D eigenvalue weighted by atomic mass is 10.1. The second-order valence-corrected chi connectivity index (χ2v) is 10.7. The highest BCUT2D eigenvalue weighted by atomic mass is 35.5. The van der Waals surface area contributed by atoms with Crippen LogP contribution in [0.5, 0.6) is 17.2 Å². The number of benzene rings is 4. The molecule has 0 aliphatic rings. The smallest absolute Gasteiger partial charge is 0.343 e. The Morgan fingerprint density at radius 1 is 0.761 bits per heavy atom. The van der Waals surface area contributed by atoms with Crippen molar-refractivity contribution in [2.45, 2.75) is 26.2 Å². The summed E-state index contributed by atoms with van der Waals surface area (Å²) in [5.74, 6) is -0.410. The number of carbonyl (C=O) groups excluding carboxylic acids is 3. The standard InChI is InChI=1S/C36H31Cl2NO7/c1-3-24-7-11-26(12-8-24)36(42)46-33-22-30(37)32(21-31(33)38)39-23-25-9-15-29(16-10-25)45-35(41)27-13-17-28(18-14-27)43-19-5-6-20-44-34(40)4-2/h4,7-18,21-23H,2-3,5-6,19-20H2,1H3. The molecule has 0 radical (unpaired) electrons. The molecule has 0 unspecified atom stereocenters. The van der Waals surface area contributed by atoms with Crippen molar-refractivity contribution >= 4 is 53.0 Å². The number of halogens is 2. The summed E-state index contributed by atoms with van der Waals surface area (Å²) in [6.45, 7) is 6.13. The first-order chi connectivity index (χ1) is 22.2. The average molecular weight is 661 g/mol. The molecule has 0 aliphatic heterocycles. The molecule has 4 aromatic rings. The van der Waals surface area contributed by atoms with Gasteiger partial charge in [-0.3, -0.25) is 4.99 Å². The molecular weight excluding hydrogens is 629 g/mol. The molecule has 0 fully saturated rings. The van der Waals surface area contributed by atoms with Gasteiger partial charge in [-0.15, -0.1) is 0 Å². The SMILES string of the molecule is C=CC(=O)OCCCCOc1ccc(C(=O)Oc2ccc(C=Nc3cc(Cl)c(OC(=O)c4ccc(CC)cc4)cc3Cl)cc2)cc1. The molecule has 0 atom stereocenters. The summed E-state index contributed by atoms with van der Waals surface area (Å²) in [6, 6.07) is 23.5. The number of nitrogens with zero attached hydrogens (tertiary/aromatic N) is 1. The number of carbonyl (C=O) groups is 3. The Balaban J connectivity index is 1.27. The minimum absolute atomic E-state index is 0.129. The molecule has 0 saturated carbocycles. The van der Waals surface area contributed by atoms with E-state index in [1.165, 1.54) is 12.1 Å². The van der Waals surface area contributed by atoms with Crippen LogP contribution in [-0.4, -0.2) is 37.3 Å². The Bertz CT molecular complexity index is 1700. The number of ether oxygens (including phenoxy) is 4. The maximum Gasteiger partial charge on any atom is 0.343 e. The molecule has 4 rings (SSSR count). The minimum Gasteiger partial charge on any atom is -0.494 e. The predicted molar refractivity (Wildman–Crippen MR) is 178 cm³/mol. The van der Waals surface area contributed by atoms with Gasteiger partial charge >= 0.3 is 17.9 Å². The van der Waals surface area contributed by atoms with Crippen LogP contribution in [0.15, 0.2) is 103 Å². The first-order valence-electron chi connectivity index (χ1n) is 14.4. The topological polar surface area (TPSA) is 100 Å². The fraction of sp³-hybridized carbons (Fsp3) is 0.167. The van der Waals surface area contributed by atoms with E-state index in [4.69, 9.17) is 42.1 Å². The fourth-order valence-corrected chi connectivity index (χ4v) is 4.37. The third kappa shape index (κ3) is 10.1. The molecule has 0 aliphatic carbocycles. The normalized spacial score (nSPS) is 10.8. The zero-order valence-electron chi connectivity index (χ0n) is 25.0. The van der Waals surface area contributed by atoms with E-state index < -0.39 is 17.9 Å². The molecular formula is C36H31Cl2NO7. The Morgan fingerprint density at radius 2 is 1.37 bits per heavy atom. The van der Waals surface area contributed by atoms with E-state index in [-0.39, 0.29) is 15.8 Å². The predicted octanol–water partition coefficient (Wildman–Crippen LogP) is 8.63. The summed E-state index contributed by atoms with van der Waals surface area (Å²) in [7, 11) is 0. The van der Waals surface area contributed by atoms with Gasteiger partial charge in [0.05, 0.1) is 40.1 Å². The molecule has 0 N–H and O–H groups in total. The maximum atomic E-state index is 12.6. The maximum absolute atomic E-state index is 12.6. The highest BCUT2D eigenvalue weighted by molar-refractivity contribution is 6.36. The monoisotopic (exact) mass is 659 g/mol. The lowest BCUT2D eigenvalue weighted by Crippen LogP contribution is -2.08. The van der Waals surface area contributed by atoms with Crippen molar-refractivity contribution < 1.29 is 33.3 Å². The van der Waals surface area contributed by atoms with Crippen LogP contribution in [0.3, 0.4) is 0 Å². The summed E-state index contributed by atoms with van der Waals surface area (Å²) in [5, 5.41) is 0.430. The summed E-state index contributed by atoms with van der Waals surface area (Å²) < 4.78 is 21.5. The zero-order valence-corrected chi connectivity index (χ0v) is 26.6. The Labute approximate surface area is 277 Å². The van der Waals surface area contributed by atoms with Crippen LogP contribution < -0.4 is 14.2 Å². The molecule has 10 heteroatoms. The second-order valence-electron chi connectivity index (χ2n) is 9.84. The van der Waals surface area contributed by atoms with Crippen molar-refractivity contribution in [1.82, 2.24) is 0 Å². The number of unbranched alkanes of at least 4 members (excludes halogenated alkanes) is 1. The van der Waals surface area contributed by atoms with Crippen molar-refractivity contribution in [3.8, 4) is 17.2 Å². The quantitative estimate of drug-likeness (QED) is 0.0439. The fourth-order valence-electron chi connectivity index (χ4n) is 3.98. The highest BCUT2D eigenvalue weighted by Gasteiger charge is 2.14. The van der Waals surface area contributed by atoms with Crippen LogP contribution in [0.2, 0.25) is 10.0 Å². The van der Waals surface area contributed by atoms with Gasteiger partial charge in [0.15, 0.2) is 5.75 Å². The van der Waals surface area contributed by atoms with Crippen molar-refractivity contribution in [1.29, 1.82) is 0 Å². The van der Waals surface area contributed by atoms with Gasteiger partial charge < -0.3 is 18.9 Å². The molecule has 8 nitrogen and oxygen atoms in total. The van der Waals surface area contributed by atoms with Gasteiger partial charge in [0.2, 0.25) is 0 Å². The van der Waals surface area contributed by atoms with Gasteiger partial charge in [0.1, 0.15) is 11.5 Å². The summed E-state index contributed by atoms with van der Waals surface area (Å²) in [6.07, 6.45) is 4.94. The number of hydrogen-bond acceptors (Lipinski definition) is 8. The summed E-state index contributed by atoms with van der Waals surface area (Å²) in [4.78, 5) is 40.6. The van der Waals surface area contributed by atoms with Gasteiger partial charge in [-0.1, -0.05) is 48.8 Å². The zero-order chi connectivity index (χ0) is 32.9. The minimum atomic E-state index is -0.544. The Hall–Kier alpha value is -4.92. The second kappa shape index (κ2) is 17.0. The Kier molecular flexibility index (Phi) is 12.5. The van der Waals surface area contributed by atoms with E-state index >= 15 is 0 Å². The lowest BCUT2D eigenvalue weighted by molar-refractivity contribution is -0.137. The van der Waals surface area contributed by atoms with Gasteiger partial charge in [-0.2, -0.15) is 0 Å². The first kappa shape index (κ1) is 34.0. The van der Waals surface area contributed by atoms with Crippen LogP contribution in [0.25, 0.3) is 0 Å². The van der Waals surface area contributed by atoms with Gasteiger partial charge in [0, 0.05) is 18.4 Å². The molecule has 4 aromatic carbocycles. The largest absolute Gasteiger partial charge is 0.494 e. The van der Waals surface area contributed by atoms with E-state index in [0.29, 0.717) is 54.4 Å². The molecule has 0 aromatic heterocycles. The van der Waals surface area contributed by atoms with E-state index in [1.54, 1.807) is 66.9 Å². The molecule has 46 heavy (non-hydrogen) atoms. The molecule has 236 valence electrons.